The number of carbonyl (C=O) groups excluding carboxylic acids is 1. The molecule has 0 aromatic heterocycles. The van der Waals surface area contributed by atoms with Gasteiger partial charge < -0.3 is 10.1 Å². The molecule has 1 amide bonds. The third-order valence-corrected chi connectivity index (χ3v) is 4.27. The van der Waals surface area contributed by atoms with Crippen molar-refractivity contribution in [2.24, 2.45) is 0 Å². The van der Waals surface area contributed by atoms with Crippen LogP contribution in [0.25, 0.3) is 0 Å². The van der Waals surface area contributed by atoms with E-state index in [0.29, 0.717) is 12.0 Å². The number of ether oxygens (including phenoxy) is 1. The molecule has 6 heteroatoms. The smallest absolute Gasteiger partial charge is 0.269 e. The molecule has 2 aromatic rings. The number of amides is 1. The van der Waals surface area contributed by atoms with E-state index in [2.05, 4.69) is 5.32 Å². The lowest BCUT2D eigenvalue weighted by atomic mass is 9.88. The van der Waals surface area contributed by atoms with E-state index in [9.17, 15) is 14.9 Å². The predicted molar refractivity (Wildman–Crippen MR) is 93.8 cm³/mol. The van der Waals surface area contributed by atoms with E-state index in [1.54, 1.807) is 0 Å². The van der Waals surface area contributed by atoms with Crippen LogP contribution in [0, 0.1) is 17.0 Å². The fraction of sp³-hybridized carbons (Fsp3) is 0.316. The van der Waals surface area contributed by atoms with Gasteiger partial charge in [-0.25, -0.2) is 0 Å². The van der Waals surface area contributed by atoms with Crippen LogP contribution in [-0.2, 0) is 0 Å². The van der Waals surface area contributed by atoms with Gasteiger partial charge in [0.25, 0.3) is 11.6 Å². The van der Waals surface area contributed by atoms with Crippen molar-refractivity contribution in [2.45, 2.75) is 38.8 Å². The Kier molecular flexibility index (Phi) is 4.20. The number of nitrogens with zero attached hydrogens (tertiary/aromatic N) is 1. The van der Waals surface area contributed by atoms with Gasteiger partial charge in [0.05, 0.1) is 11.0 Å². The Bertz CT molecular complexity index is 828. The second-order valence-electron chi connectivity index (χ2n) is 6.94. The molecule has 1 aliphatic rings. The zero-order chi connectivity index (χ0) is 18.2. The summed E-state index contributed by atoms with van der Waals surface area (Å²) in [5, 5.41) is 13.8. The largest absolute Gasteiger partial charge is 0.487 e. The van der Waals surface area contributed by atoms with E-state index in [0.717, 1.165) is 16.9 Å². The highest BCUT2D eigenvalue weighted by molar-refractivity contribution is 5.94. The first kappa shape index (κ1) is 17.0. The van der Waals surface area contributed by atoms with Crippen LogP contribution in [0.15, 0.2) is 42.5 Å². The lowest BCUT2D eigenvalue weighted by molar-refractivity contribution is -0.384. The molecule has 0 saturated heterocycles. The summed E-state index contributed by atoms with van der Waals surface area (Å²) in [6.45, 7) is 5.97. The number of aryl methyl sites for hydroxylation is 1. The van der Waals surface area contributed by atoms with Crippen molar-refractivity contribution in [3.63, 3.8) is 0 Å². The summed E-state index contributed by atoms with van der Waals surface area (Å²) >= 11 is 0. The van der Waals surface area contributed by atoms with Crippen LogP contribution < -0.4 is 10.1 Å². The molecule has 1 unspecified atom stereocenters. The summed E-state index contributed by atoms with van der Waals surface area (Å²) in [4.78, 5) is 22.8. The first-order chi connectivity index (χ1) is 11.7. The monoisotopic (exact) mass is 340 g/mol. The zero-order valence-corrected chi connectivity index (χ0v) is 14.4. The van der Waals surface area contributed by atoms with Crippen molar-refractivity contribution in [1.82, 2.24) is 5.32 Å². The average Bonchev–Trinajstić information content (AvgIpc) is 2.55. The number of hydrogen-bond donors (Lipinski definition) is 1. The summed E-state index contributed by atoms with van der Waals surface area (Å²) in [6, 6.07) is 11.4. The highest BCUT2D eigenvalue weighted by Gasteiger charge is 2.34. The van der Waals surface area contributed by atoms with Crippen LogP contribution in [0.5, 0.6) is 5.75 Å². The Balaban J connectivity index is 1.85. The Morgan fingerprint density at radius 3 is 2.56 bits per heavy atom. The second-order valence-corrected chi connectivity index (χ2v) is 6.94. The third-order valence-electron chi connectivity index (χ3n) is 4.27. The summed E-state index contributed by atoms with van der Waals surface area (Å²) in [7, 11) is 0. The Morgan fingerprint density at radius 2 is 1.92 bits per heavy atom. The standard InChI is InChI=1S/C19H20N2O4/c1-12-4-9-17-15(10-12)16(11-19(2,3)25-17)20-18(22)13-5-7-14(8-6-13)21(23)24/h4-10,16H,11H2,1-3H3,(H,20,22). The molecule has 3 rings (SSSR count). The lowest BCUT2D eigenvalue weighted by Crippen LogP contribution is -2.41. The van der Waals surface area contributed by atoms with Gasteiger partial charge >= 0.3 is 0 Å². The van der Waals surface area contributed by atoms with E-state index in [1.165, 1.54) is 24.3 Å². The zero-order valence-electron chi connectivity index (χ0n) is 14.4. The van der Waals surface area contributed by atoms with Gasteiger partial charge in [0.1, 0.15) is 11.4 Å². The van der Waals surface area contributed by atoms with Crippen LogP contribution in [0.4, 0.5) is 5.69 Å². The number of rotatable bonds is 3. The Labute approximate surface area is 146 Å². The summed E-state index contributed by atoms with van der Waals surface area (Å²) in [5.41, 5.74) is 2.01. The van der Waals surface area contributed by atoms with Crippen molar-refractivity contribution >= 4 is 11.6 Å². The van der Waals surface area contributed by atoms with Gasteiger partial charge in [-0.05, 0) is 39.0 Å². The first-order valence-electron chi connectivity index (χ1n) is 8.10. The molecule has 1 N–H and O–H groups in total. The van der Waals surface area contributed by atoms with Gasteiger partial charge in [0, 0.05) is 29.7 Å². The van der Waals surface area contributed by atoms with E-state index in [-0.39, 0.29) is 17.6 Å². The molecular weight excluding hydrogens is 320 g/mol. The minimum absolute atomic E-state index is 0.0373. The number of nitro groups is 1. The molecule has 0 fully saturated rings. The molecule has 0 bridgehead atoms. The molecule has 0 spiro atoms. The molecule has 2 aromatic carbocycles. The van der Waals surface area contributed by atoms with Crippen LogP contribution >= 0.6 is 0 Å². The van der Waals surface area contributed by atoms with Gasteiger partial charge in [0.15, 0.2) is 0 Å². The number of nitrogens with one attached hydrogen (secondary N) is 1. The fourth-order valence-corrected chi connectivity index (χ4v) is 3.08. The minimum Gasteiger partial charge on any atom is -0.487 e. The van der Waals surface area contributed by atoms with E-state index in [4.69, 9.17) is 4.74 Å². The number of carbonyl (C=O) groups is 1. The quantitative estimate of drug-likeness (QED) is 0.678. The highest BCUT2D eigenvalue weighted by Crippen LogP contribution is 2.40. The molecule has 0 aliphatic carbocycles. The Morgan fingerprint density at radius 1 is 1.24 bits per heavy atom. The van der Waals surface area contributed by atoms with Gasteiger partial charge in [-0.3, -0.25) is 14.9 Å². The topological polar surface area (TPSA) is 81.5 Å². The molecule has 0 radical (unpaired) electrons. The molecule has 6 nitrogen and oxygen atoms in total. The lowest BCUT2D eigenvalue weighted by Gasteiger charge is -2.38. The van der Waals surface area contributed by atoms with E-state index < -0.39 is 10.5 Å². The predicted octanol–water partition coefficient (Wildman–Crippen LogP) is 3.94. The van der Waals surface area contributed by atoms with E-state index >= 15 is 0 Å². The third kappa shape index (κ3) is 3.63. The molecule has 0 saturated carbocycles. The van der Waals surface area contributed by atoms with Gasteiger partial charge in [-0.2, -0.15) is 0 Å². The maximum atomic E-state index is 12.6. The van der Waals surface area contributed by atoms with Crippen molar-refractivity contribution in [2.75, 3.05) is 0 Å². The van der Waals surface area contributed by atoms with Crippen LogP contribution in [0.3, 0.4) is 0 Å². The van der Waals surface area contributed by atoms with Crippen molar-refractivity contribution in [3.8, 4) is 5.75 Å². The first-order valence-corrected chi connectivity index (χ1v) is 8.10. The molecule has 1 atom stereocenters. The normalized spacial score (nSPS) is 18.0. The minimum atomic E-state index is -0.484. The number of fused-ring (bicyclic) bond motifs is 1. The summed E-state index contributed by atoms with van der Waals surface area (Å²) in [6.07, 6.45) is 0.641. The molecular formula is C19H20N2O4. The molecule has 25 heavy (non-hydrogen) atoms. The number of non-ortho nitro benzene ring substituents is 1. The fourth-order valence-electron chi connectivity index (χ4n) is 3.08. The highest BCUT2D eigenvalue weighted by atomic mass is 16.6. The molecule has 130 valence electrons. The van der Waals surface area contributed by atoms with Gasteiger partial charge in [0.2, 0.25) is 0 Å². The summed E-state index contributed by atoms with van der Waals surface area (Å²) < 4.78 is 6.01. The number of hydrogen-bond acceptors (Lipinski definition) is 4. The van der Waals surface area contributed by atoms with Crippen LogP contribution in [0.1, 0.15) is 47.8 Å². The van der Waals surface area contributed by atoms with Crippen LogP contribution in [-0.4, -0.2) is 16.4 Å². The van der Waals surface area contributed by atoms with Crippen molar-refractivity contribution < 1.29 is 14.5 Å². The Hall–Kier alpha value is -2.89. The van der Waals surface area contributed by atoms with E-state index in [1.807, 2.05) is 39.0 Å². The number of nitro benzene ring substituents is 1. The average molecular weight is 340 g/mol. The maximum Gasteiger partial charge on any atom is 0.269 e. The summed E-state index contributed by atoms with van der Waals surface area (Å²) in [5.74, 6) is 0.515. The SMILES string of the molecule is Cc1ccc2c(c1)C(NC(=O)c1ccc([N+](=O)[O-])cc1)CC(C)(C)O2. The number of benzene rings is 2. The molecule has 1 aliphatic heterocycles. The van der Waals surface area contributed by atoms with Crippen LogP contribution in [0.2, 0.25) is 0 Å². The van der Waals surface area contributed by atoms with Gasteiger partial charge in [-0.15, -0.1) is 0 Å². The van der Waals surface area contributed by atoms with Crippen molar-refractivity contribution in [3.05, 3.63) is 69.3 Å². The molecule has 1 heterocycles. The maximum absolute atomic E-state index is 12.6. The van der Waals surface area contributed by atoms with Crippen molar-refractivity contribution in [1.29, 1.82) is 0 Å². The van der Waals surface area contributed by atoms with Gasteiger partial charge in [-0.1, -0.05) is 17.7 Å². The second kappa shape index (κ2) is 6.20.